The first-order valence-corrected chi connectivity index (χ1v) is 8.03. The third-order valence-electron chi connectivity index (χ3n) is 4.01. The molecule has 1 N–H and O–H groups in total. The molecule has 1 aromatic rings. The summed E-state index contributed by atoms with van der Waals surface area (Å²) in [6, 6.07) is 6.93. The lowest BCUT2D eigenvalue weighted by atomic mass is 9.90. The Morgan fingerprint density at radius 1 is 1.29 bits per heavy atom. The molecule has 1 amide bonds. The number of aromatic hydroxyl groups is 1. The molecule has 1 heterocycles. The predicted octanol–water partition coefficient (Wildman–Crippen LogP) is 2.59. The fraction of sp³-hybridized carbons (Fsp3) is 0.556. The van der Waals surface area contributed by atoms with E-state index in [-0.39, 0.29) is 24.2 Å². The van der Waals surface area contributed by atoms with Crippen molar-refractivity contribution in [2.45, 2.75) is 32.8 Å². The van der Waals surface area contributed by atoms with Gasteiger partial charge in [0, 0.05) is 13.1 Å². The van der Waals surface area contributed by atoms with Crippen molar-refractivity contribution >= 4 is 12.1 Å². The molecule has 24 heavy (non-hydrogen) atoms. The summed E-state index contributed by atoms with van der Waals surface area (Å²) in [5.74, 6) is -0.619. The van der Waals surface area contributed by atoms with Gasteiger partial charge in [0.2, 0.25) is 0 Å². The molecule has 6 heteroatoms. The van der Waals surface area contributed by atoms with Crippen LogP contribution in [0.2, 0.25) is 0 Å². The Morgan fingerprint density at radius 2 is 2.00 bits per heavy atom. The fourth-order valence-electron chi connectivity index (χ4n) is 2.96. The number of methoxy groups -OCH3 is 1. The van der Waals surface area contributed by atoms with Gasteiger partial charge in [-0.2, -0.15) is 0 Å². The average Bonchev–Trinajstić information content (AvgIpc) is 2.89. The second kappa shape index (κ2) is 7.11. The van der Waals surface area contributed by atoms with Gasteiger partial charge in [0.25, 0.3) is 0 Å². The van der Waals surface area contributed by atoms with Crippen molar-refractivity contribution in [3.63, 3.8) is 0 Å². The molecule has 132 valence electrons. The number of benzene rings is 1. The van der Waals surface area contributed by atoms with Gasteiger partial charge in [-0.1, -0.05) is 12.1 Å². The van der Waals surface area contributed by atoms with Crippen molar-refractivity contribution in [3.05, 3.63) is 29.8 Å². The van der Waals surface area contributed by atoms with E-state index >= 15 is 0 Å². The van der Waals surface area contributed by atoms with Gasteiger partial charge >= 0.3 is 12.1 Å². The number of amides is 1. The van der Waals surface area contributed by atoms with Crippen LogP contribution in [-0.4, -0.2) is 47.9 Å². The molecule has 0 unspecified atom stereocenters. The number of esters is 1. The number of nitrogens with zero attached hydrogens (tertiary/aromatic N) is 1. The molecular formula is C18H25NO5. The van der Waals surface area contributed by atoms with Crippen LogP contribution in [0.1, 0.15) is 26.3 Å². The molecule has 1 fully saturated rings. The van der Waals surface area contributed by atoms with E-state index in [1.807, 2.05) is 26.8 Å². The minimum absolute atomic E-state index is 0.0771. The molecule has 0 spiro atoms. The lowest BCUT2D eigenvalue weighted by Crippen LogP contribution is -2.36. The van der Waals surface area contributed by atoms with E-state index in [0.717, 1.165) is 5.56 Å². The number of phenols is 1. The number of hydrogen-bond acceptors (Lipinski definition) is 5. The number of rotatable bonds is 3. The Bertz CT molecular complexity index is 608. The number of phenolic OH excluding ortho intramolecular Hbond substituents is 1. The Balaban J connectivity index is 2.12. The Kier molecular flexibility index (Phi) is 5.36. The fourth-order valence-corrected chi connectivity index (χ4v) is 2.96. The highest BCUT2D eigenvalue weighted by molar-refractivity contribution is 5.76. The van der Waals surface area contributed by atoms with Crippen LogP contribution >= 0.6 is 0 Å². The summed E-state index contributed by atoms with van der Waals surface area (Å²) in [6.45, 7) is 6.13. The van der Waals surface area contributed by atoms with Crippen LogP contribution in [0, 0.1) is 11.8 Å². The monoisotopic (exact) mass is 335 g/mol. The lowest BCUT2D eigenvalue weighted by Gasteiger charge is -2.24. The van der Waals surface area contributed by atoms with E-state index < -0.39 is 17.6 Å². The molecule has 0 saturated carbocycles. The normalized spacial score (nSPS) is 20.8. The molecule has 2 rings (SSSR count). The third kappa shape index (κ3) is 4.63. The predicted molar refractivity (Wildman–Crippen MR) is 88.6 cm³/mol. The van der Waals surface area contributed by atoms with Crippen LogP contribution in [0.3, 0.4) is 0 Å². The van der Waals surface area contributed by atoms with Crippen LogP contribution < -0.4 is 0 Å². The van der Waals surface area contributed by atoms with Gasteiger partial charge in [-0.25, -0.2) is 4.79 Å². The van der Waals surface area contributed by atoms with Crippen LogP contribution in [0.5, 0.6) is 5.75 Å². The molecule has 1 saturated heterocycles. The van der Waals surface area contributed by atoms with Gasteiger partial charge in [0.1, 0.15) is 11.4 Å². The number of hydrogen-bond donors (Lipinski definition) is 1. The first kappa shape index (κ1) is 18.1. The van der Waals surface area contributed by atoms with E-state index in [4.69, 9.17) is 9.47 Å². The van der Waals surface area contributed by atoms with Crippen molar-refractivity contribution in [1.29, 1.82) is 0 Å². The van der Waals surface area contributed by atoms with Crippen LogP contribution in [0.25, 0.3) is 0 Å². The third-order valence-corrected chi connectivity index (χ3v) is 4.01. The number of carbonyl (C=O) groups is 2. The summed E-state index contributed by atoms with van der Waals surface area (Å²) < 4.78 is 10.3. The molecule has 1 aliphatic heterocycles. The maximum absolute atomic E-state index is 12.3. The van der Waals surface area contributed by atoms with Gasteiger partial charge in [-0.05, 0) is 50.8 Å². The second-order valence-corrected chi connectivity index (χ2v) is 7.15. The molecule has 0 aromatic heterocycles. The zero-order valence-electron chi connectivity index (χ0n) is 14.6. The molecule has 1 aromatic carbocycles. The van der Waals surface area contributed by atoms with Crippen LogP contribution in [0.4, 0.5) is 4.79 Å². The number of carbonyl (C=O) groups excluding carboxylic acids is 2. The molecule has 0 radical (unpaired) electrons. The van der Waals surface area contributed by atoms with E-state index in [1.165, 1.54) is 7.11 Å². The summed E-state index contributed by atoms with van der Waals surface area (Å²) >= 11 is 0. The largest absolute Gasteiger partial charge is 0.508 e. The van der Waals surface area contributed by atoms with Gasteiger partial charge in [-0.3, -0.25) is 4.79 Å². The summed E-state index contributed by atoms with van der Waals surface area (Å²) in [7, 11) is 1.35. The van der Waals surface area contributed by atoms with E-state index in [1.54, 1.807) is 23.1 Å². The zero-order valence-corrected chi connectivity index (χ0v) is 14.6. The first-order valence-electron chi connectivity index (χ1n) is 8.03. The van der Waals surface area contributed by atoms with E-state index in [9.17, 15) is 14.7 Å². The second-order valence-electron chi connectivity index (χ2n) is 7.15. The van der Waals surface area contributed by atoms with Crippen LogP contribution in [-0.2, 0) is 20.7 Å². The minimum atomic E-state index is -0.582. The highest BCUT2D eigenvalue weighted by Crippen LogP contribution is 2.30. The van der Waals surface area contributed by atoms with Crippen molar-refractivity contribution in [2.75, 3.05) is 20.2 Å². The standard InChI is InChI=1S/C18H25NO5/c1-18(2,3)24-17(22)19-10-13(15(11-19)16(21)23-4)8-12-6-5-7-14(20)9-12/h5-7,9,13,15,20H,8,10-11H2,1-4H3/t13-,15+/m1/s1. The van der Waals surface area contributed by atoms with Crippen molar-refractivity contribution in [2.24, 2.45) is 11.8 Å². The Hall–Kier alpha value is -2.24. The first-order chi connectivity index (χ1) is 11.2. The highest BCUT2D eigenvalue weighted by Gasteiger charge is 2.41. The van der Waals surface area contributed by atoms with Gasteiger partial charge in [0.15, 0.2) is 0 Å². The number of ether oxygens (including phenoxy) is 2. The van der Waals surface area contributed by atoms with E-state index in [2.05, 4.69) is 0 Å². The maximum atomic E-state index is 12.3. The lowest BCUT2D eigenvalue weighted by molar-refractivity contribution is -0.146. The quantitative estimate of drug-likeness (QED) is 0.859. The summed E-state index contributed by atoms with van der Waals surface area (Å²) in [6.07, 6.45) is 0.155. The van der Waals surface area contributed by atoms with Gasteiger partial charge < -0.3 is 19.5 Å². The van der Waals surface area contributed by atoms with Crippen LogP contribution in [0.15, 0.2) is 24.3 Å². The SMILES string of the molecule is COC(=O)[C@H]1CN(C(=O)OC(C)(C)C)C[C@H]1Cc1cccc(O)c1. The topological polar surface area (TPSA) is 76.1 Å². The minimum Gasteiger partial charge on any atom is -0.508 e. The molecule has 0 aliphatic carbocycles. The average molecular weight is 335 g/mol. The smallest absolute Gasteiger partial charge is 0.410 e. The van der Waals surface area contributed by atoms with Crippen molar-refractivity contribution in [3.8, 4) is 5.75 Å². The van der Waals surface area contributed by atoms with Crippen molar-refractivity contribution < 1.29 is 24.2 Å². The van der Waals surface area contributed by atoms with Gasteiger partial charge in [0.05, 0.1) is 13.0 Å². The zero-order chi connectivity index (χ0) is 17.9. The summed E-state index contributed by atoms with van der Waals surface area (Å²) in [5.41, 5.74) is 0.334. The summed E-state index contributed by atoms with van der Waals surface area (Å²) in [4.78, 5) is 25.9. The molecule has 0 bridgehead atoms. The molecule has 6 nitrogen and oxygen atoms in total. The maximum Gasteiger partial charge on any atom is 0.410 e. The van der Waals surface area contributed by atoms with Gasteiger partial charge in [-0.15, -0.1) is 0 Å². The molecule has 2 atom stereocenters. The number of likely N-dealkylation sites (tertiary alicyclic amines) is 1. The molecule has 1 aliphatic rings. The molecular weight excluding hydrogens is 310 g/mol. The Morgan fingerprint density at radius 3 is 2.58 bits per heavy atom. The summed E-state index contributed by atoms with van der Waals surface area (Å²) in [5, 5.41) is 9.60. The Labute approximate surface area is 142 Å². The van der Waals surface area contributed by atoms with E-state index in [0.29, 0.717) is 13.0 Å². The highest BCUT2D eigenvalue weighted by atomic mass is 16.6. The van der Waals surface area contributed by atoms with Crippen molar-refractivity contribution in [1.82, 2.24) is 4.90 Å².